The van der Waals surface area contributed by atoms with Crippen molar-refractivity contribution in [3.63, 3.8) is 0 Å². The van der Waals surface area contributed by atoms with E-state index in [1.165, 1.54) is 59.2 Å². The quantitative estimate of drug-likeness (QED) is 0.464. The van der Waals surface area contributed by atoms with E-state index in [1.54, 1.807) is 0 Å². The lowest BCUT2D eigenvalue weighted by Crippen LogP contribution is -2.29. The maximum atomic E-state index is 3.68. The monoisotopic (exact) mass is 379 g/mol. The summed E-state index contributed by atoms with van der Waals surface area (Å²) in [7, 11) is 2.22. The fraction of sp³-hybridized carbons (Fsp3) is 0.259. The Morgan fingerprint density at radius 1 is 0.897 bits per heavy atom. The van der Waals surface area contributed by atoms with Gasteiger partial charge in [0.25, 0.3) is 0 Å². The molecule has 2 nitrogen and oxygen atoms in total. The van der Waals surface area contributed by atoms with Gasteiger partial charge in [0.05, 0.1) is 0 Å². The molecule has 1 unspecified atom stereocenters. The van der Waals surface area contributed by atoms with Crippen molar-refractivity contribution in [3.8, 4) is 0 Å². The first-order chi connectivity index (χ1) is 14.3. The molecule has 0 spiro atoms. The number of aromatic amines is 1. The number of benzene rings is 3. The van der Waals surface area contributed by atoms with Crippen molar-refractivity contribution in [1.29, 1.82) is 0 Å². The summed E-state index contributed by atoms with van der Waals surface area (Å²) in [6.45, 7) is 2.36. The lowest BCUT2D eigenvalue weighted by molar-refractivity contribution is 0.255. The largest absolute Gasteiger partial charge is 0.358 e. The molecule has 1 N–H and O–H groups in total. The molecule has 4 aromatic rings. The van der Waals surface area contributed by atoms with Crippen LogP contribution in [0.25, 0.3) is 10.9 Å². The highest BCUT2D eigenvalue weighted by atomic mass is 15.1. The maximum Gasteiger partial charge on any atom is 0.0491 e. The topological polar surface area (TPSA) is 19.0 Å². The molecule has 2 heterocycles. The molecule has 145 valence electrons. The van der Waals surface area contributed by atoms with Crippen LogP contribution in [0, 0.1) is 6.07 Å². The average Bonchev–Trinajstić information content (AvgIpc) is 3.19. The van der Waals surface area contributed by atoms with Gasteiger partial charge in [-0.2, -0.15) is 0 Å². The SMILES string of the molecule is CN1CCC(c2c[c]cc(C(c3ccccc3)c3cc4ccccc4[nH]3)c2)CC1. The number of fused-ring (bicyclic) bond motifs is 1. The third-order valence-electron chi connectivity index (χ3n) is 6.35. The Hall–Kier alpha value is -2.84. The van der Waals surface area contributed by atoms with Crippen molar-refractivity contribution in [2.24, 2.45) is 0 Å². The van der Waals surface area contributed by atoms with Gasteiger partial charge in [-0.3, -0.25) is 0 Å². The molecule has 1 radical (unpaired) electrons. The summed E-state index contributed by atoms with van der Waals surface area (Å²) in [4.78, 5) is 6.11. The van der Waals surface area contributed by atoms with E-state index < -0.39 is 0 Å². The van der Waals surface area contributed by atoms with Gasteiger partial charge in [-0.15, -0.1) is 0 Å². The number of para-hydroxylation sites is 1. The summed E-state index contributed by atoms with van der Waals surface area (Å²) >= 11 is 0. The van der Waals surface area contributed by atoms with Crippen LogP contribution >= 0.6 is 0 Å². The van der Waals surface area contributed by atoms with Crippen molar-refractivity contribution in [1.82, 2.24) is 9.88 Å². The Morgan fingerprint density at radius 2 is 1.66 bits per heavy atom. The van der Waals surface area contributed by atoms with E-state index in [1.807, 2.05) is 0 Å². The highest BCUT2D eigenvalue weighted by Gasteiger charge is 2.22. The second-order valence-electron chi connectivity index (χ2n) is 8.33. The zero-order valence-electron chi connectivity index (χ0n) is 16.9. The maximum absolute atomic E-state index is 3.68. The minimum atomic E-state index is 0.186. The van der Waals surface area contributed by atoms with Gasteiger partial charge >= 0.3 is 0 Å². The highest BCUT2D eigenvalue weighted by molar-refractivity contribution is 5.80. The summed E-state index contributed by atoms with van der Waals surface area (Å²) in [5.41, 5.74) is 6.50. The van der Waals surface area contributed by atoms with Crippen LogP contribution in [0.3, 0.4) is 0 Å². The van der Waals surface area contributed by atoms with Crippen LogP contribution in [0.1, 0.15) is 47.1 Å². The van der Waals surface area contributed by atoms with Gasteiger partial charge in [-0.05, 0) is 79.2 Å². The van der Waals surface area contributed by atoms with Crippen LogP contribution in [-0.4, -0.2) is 30.0 Å². The van der Waals surface area contributed by atoms with E-state index in [-0.39, 0.29) is 5.92 Å². The van der Waals surface area contributed by atoms with Gasteiger partial charge in [-0.1, -0.05) is 66.7 Å². The number of nitrogens with one attached hydrogen (secondary N) is 1. The third kappa shape index (κ3) is 3.73. The number of piperidine rings is 1. The van der Waals surface area contributed by atoms with Gasteiger partial charge in [0, 0.05) is 17.1 Å². The predicted molar refractivity (Wildman–Crippen MR) is 120 cm³/mol. The molecule has 0 bridgehead atoms. The second kappa shape index (κ2) is 7.88. The van der Waals surface area contributed by atoms with Gasteiger partial charge in [0.15, 0.2) is 0 Å². The highest BCUT2D eigenvalue weighted by Crippen LogP contribution is 2.36. The lowest BCUT2D eigenvalue weighted by Gasteiger charge is -2.29. The number of hydrogen-bond donors (Lipinski definition) is 1. The average molecular weight is 380 g/mol. The number of aromatic nitrogens is 1. The summed E-state index contributed by atoms with van der Waals surface area (Å²) < 4.78 is 0. The molecule has 1 aromatic heterocycles. The van der Waals surface area contributed by atoms with Crippen LogP contribution in [-0.2, 0) is 0 Å². The van der Waals surface area contributed by atoms with Crippen LogP contribution in [0.15, 0.2) is 78.9 Å². The van der Waals surface area contributed by atoms with E-state index in [4.69, 9.17) is 0 Å². The summed E-state index contributed by atoms with van der Waals surface area (Å²) in [6.07, 6.45) is 2.46. The molecular formula is C27H27N2. The Kier molecular flexibility index (Phi) is 4.95. The van der Waals surface area contributed by atoms with Crippen LogP contribution < -0.4 is 0 Å². The first kappa shape index (κ1) is 18.2. The standard InChI is InChI=1S/C27H27N2/c1-29-16-14-20(15-17-29)22-11-7-12-24(18-22)27(21-8-3-2-4-9-21)26-19-23-10-5-6-13-25(23)28-26/h2-6,8-13,18-20,27-28H,14-17H2,1H3. The number of likely N-dealkylation sites (tertiary alicyclic amines) is 1. The summed E-state index contributed by atoms with van der Waals surface area (Å²) in [5, 5.41) is 1.26. The molecule has 1 saturated heterocycles. The predicted octanol–water partition coefficient (Wildman–Crippen LogP) is 5.96. The van der Waals surface area contributed by atoms with Gasteiger partial charge < -0.3 is 9.88 Å². The molecule has 29 heavy (non-hydrogen) atoms. The molecule has 1 fully saturated rings. The van der Waals surface area contributed by atoms with E-state index in [0.717, 1.165) is 0 Å². The Bertz CT molecular complexity index is 1050. The first-order valence-corrected chi connectivity index (χ1v) is 10.6. The van der Waals surface area contributed by atoms with Crippen molar-refractivity contribution in [2.45, 2.75) is 24.7 Å². The van der Waals surface area contributed by atoms with Crippen molar-refractivity contribution in [3.05, 3.63) is 107 Å². The molecule has 1 atom stereocenters. The van der Waals surface area contributed by atoms with Crippen molar-refractivity contribution in [2.75, 3.05) is 20.1 Å². The number of rotatable bonds is 4. The minimum absolute atomic E-state index is 0.186. The van der Waals surface area contributed by atoms with Crippen LogP contribution in [0.4, 0.5) is 0 Å². The lowest BCUT2D eigenvalue weighted by atomic mass is 9.84. The molecular weight excluding hydrogens is 352 g/mol. The normalized spacial score (nSPS) is 16.9. The molecule has 5 rings (SSSR count). The number of nitrogens with zero attached hydrogens (tertiary/aromatic N) is 1. The van der Waals surface area contributed by atoms with Crippen molar-refractivity contribution < 1.29 is 0 Å². The zero-order valence-corrected chi connectivity index (χ0v) is 16.9. The van der Waals surface area contributed by atoms with Gasteiger partial charge in [0.2, 0.25) is 0 Å². The minimum Gasteiger partial charge on any atom is -0.358 e. The van der Waals surface area contributed by atoms with Gasteiger partial charge in [-0.25, -0.2) is 0 Å². The molecule has 2 heteroatoms. The molecule has 1 aliphatic heterocycles. The third-order valence-corrected chi connectivity index (χ3v) is 6.35. The van der Waals surface area contributed by atoms with Crippen LogP contribution in [0.2, 0.25) is 0 Å². The fourth-order valence-electron chi connectivity index (χ4n) is 4.70. The van der Waals surface area contributed by atoms with Crippen molar-refractivity contribution >= 4 is 10.9 Å². The van der Waals surface area contributed by atoms with E-state index in [2.05, 4.69) is 102 Å². The van der Waals surface area contributed by atoms with Gasteiger partial charge in [0.1, 0.15) is 0 Å². The smallest absolute Gasteiger partial charge is 0.0491 e. The Labute approximate surface area is 173 Å². The molecule has 1 aliphatic rings. The number of H-pyrrole nitrogens is 1. The van der Waals surface area contributed by atoms with E-state index >= 15 is 0 Å². The summed E-state index contributed by atoms with van der Waals surface area (Å²) in [6, 6.07) is 31.9. The second-order valence-corrected chi connectivity index (χ2v) is 8.33. The number of hydrogen-bond acceptors (Lipinski definition) is 1. The Balaban J connectivity index is 1.57. The molecule has 0 aliphatic carbocycles. The van der Waals surface area contributed by atoms with E-state index in [0.29, 0.717) is 5.92 Å². The summed E-state index contributed by atoms with van der Waals surface area (Å²) in [5.74, 6) is 0.826. The zero-order chi connectivity index (χ0) is 19.6. The fourth-order valence-corrected chi connectivity index (χ4v) is 4.70. The first-order valence-electron chi connectivity index (χ1n) is 10.6. The Morgan fingerprint density at radius 3 is 2.45 bits per heavy atom. The molecule has 0 amide bonds. The molecule has 3 aromatic carbocycles. The molecule has 0 saturated carbocycles. The van der Waals surface area contributed by atoms with E-state index in [9.17, 15) is 0 Å². The van der Waals surface area contributed by atoms with Crippen LogP contribution in [0.5, 0.6) is 0 Å².